The fraction of sp³-hybridized carbons (Fsp3) is 0.786. The predicted octanol–water partition coefficient (Wildman–Crippen LogP) is 3.26. The van der Waals surface area contributed by atoms with Gasteiger partial charge in [0, 0.05) is 30.4 Å². The van der Waals surface area contributed by atoms with E-state index in [0.29, 0.717) is 6.04 Å². The molecule has 3 nitrogen and oxygen atoms in total. The first kappa shape index (κ1) is 13.9. The van der Waals surface area contributed by atoms with Crippen molar-refractivity contribution in [1.29, 1.82) is 0 Å². The molecule has 1 aliphatic rings. The minimum atomic E-state index is 0.522. The van der Waals surface area contributed by atoms with Crippen molar-refractivity contribution in [3.05, 3.63) is 11.3 Å². The average molecular weight is 267 g/mol. The smallest absolute Gasteiger partial charge is 0.0987 e. The summed E-state index contributed by atoms with van der Waals surface area (Å²) in [4.78, 5) is 0. The summed E-state index contributed by atoms with van der Waals surface area (Å²) < 4.78 is 2.07. The van der Waals surface area contributed by atoms with Gasteiger partial charge in [0.25, 0.3) is 0 Å². The van der Waals surface area contributed by atoms with Crippen LogP contribution in [0.1, 0.15) is 50.8 Å². The Balaban J connectivity index is 2.10. The lowest BCUT2D eigenvalue weighted by atomic mass is 10.2. The van der Waals surface area contributed by atoms with E-state index in [1.54, 1.807) is 0 Å². The van der Waals surface area contributed by atoms with Crippen molar-refractivity contribution in [3.8, 4) is 0 Å². The molecular weight excluding hydrogens is 242 g/mol. The number of nitrogens with one attached hydrogen (secondary N) is 1. The van der Waals surface area contributed by atoms with Crippen molar-refractivity contribution in [3.63, 3.8) is 0 Å². The Morgan fingerprint density at radius 1 is 1.39 bits per heavy atom. The van der Waals surface area contributed by atoms with Crippen molar-refractivity contribution in [2.24, 2.45) is 7.05 Å². The Hall–Kier alpha value is -0.480. The zero-order chi connectivity index (χ0) is 13.1. The molecule has 0 bridgehead atoms. The zero-order valence-corrected chi connectivity index (χ0v) is 12.8. The molecule has 0 spiro atoms. The molecule has 0 atom stereocenters. The topological polar surface area (TPSA) is 29.9 Å². The summed E-state index contributed by atoms with van der Waals surface area (Å²) in [5, 5.41) is 10.3. The molecule has 1 fully saturated rings. The molecule has 0 saturated heterocycles. The van der Waals surface area contributed by atoms with E-state index in [4.69, 9.17) is 0 Å². The molecule has 2 rings (SSSR count). The molecule has 18 heavy (non-hydrogen) atoms. The molecule has 1 aliphatic carbocycles. The Morgan fingerprint density at radius 2 is 2.06 bits per heavy atom. The minimum Gasteiger partial charge on any atom is -0.310 e. The molecule has 1 aromatic rings. The van der Waals surface area contributed by atoms with Crippen LogP contribution < -0.4 is 5.32 Å². The quantitative estimate of drug-likeness (QED) is 0.888. The highest BCUT2D eigenvalue weighted by atomic mass is 32.2. The molecule has 0 amide bonds. The number of rotatable bonds is 5. The maximum Gasteiger partial charge on any atom is 0.0987 e. The van der Waals surface area contributed by atoms with Gasteiger partial charge in [-0.1, -0.05) is 26.7 Å². The SMILES string of the molecule is Cc1nn(C)c(SC2CCCC2)c1CNC(C)C. The molecule has 0 unspecified atom stereocenters. The molecule has 102 valence electrons. The van der Waals surface area contributed by atoms with E-state index in [9.17, 15) is 0 Å². The van der Waals surface area contributed by atoms with E-state index in [0.717, 1.165) is 11.8 Å². The number of thioether (sulfide) groups is 1. The number of aromatic nitrogens is 2. The monoisotopic (exact) mass is 267 g/mol. The van der Waals surface area contributed by atoms with Crippen LogP contribution in [0.15, 0.2) is 5.03 Å². The second-order valence-corrected chi connectivity index (χ2v) is 6.84. The van der Waals surface area contributed by atoms with Crippen LogP contribution in [0.25, 0.3) is 0 Å². The number of nitrogens with zero attached hydrogens (tertiary/aromatic N) is 2. The van der Waals surface area contributed by atoms with Gasteiger partial charge in [-0.2, -0.15) is 5.10 Å². The highest BCUT2D eigenvalue weighted by molar-refractivity contribution is 7.99. The maximum atomic E-state index is 4.59. The molecular formula is C14H25N3S. The molecule has 1 aromatic heterocycles. The minimum absolute atomic E-state index is 0.522. The average Bonchev–Trinajstić information content (AvgIpc) is 2.87. The van der Waals surface area contributed by atoms with Crippen LogP contribution in [0.3, 0.4) is 0 Å². The van der Waals surface area contributed by atoms with Crippen molar-refractivity contribution in [1.82, 2.24) is 15.1 Å². The molecule has 1 saturated carbocycles. The van der Waals surface area contributed by atoms with Crippen molar-refractivity contribution in [2.75, 3.05) is 0 Å². The molecule has 4 heteroatoms. The summed E-state index contributed by atoms with van der Waals surface area (Å²) in [7, 11) is 2.07. The van der Waals surface area contributed by atoms with Gasteiger partial charge < -0.3 is 5.32 Å². The lowest BCUT2D eigenvalue weighted by Gasteiger charge is -2.13. The van der Waals surface area contributed by atoms with Crippen LogP contribution in [0.2, 0.25) is 0 Å². The molecule has 0 aliphatic heterocycles. The van der Waals surface area contributed by atoms with Gasteiger partial charge >= 0.3 is 0 Å². The second-order valence-electron chi connectivity index (χ2n) is 5.55. The summed E-state index contributed by atoms with van der Waals surface area (Å²) in [5.41, 5.74) is 2.56. The number of aryl methyl sites for hydroxylation is 2. The van der Waals surface area contributed by atoms with Gasteiger partial charge in [0.2, 0.25) is 0 Å². The van der Waals surface area contributed by atoms with E-state index in [1.807, 2.05) is 11.8 Å². The third kappa shape index (κ3) is 3.29. The Morgan fingerprint density at radius 3 is 2.67 bits per heavy atom. The van der Waals surface area contributed by atoms with Gasteiger partial charge in [0.05, 0.1) is 10.7 Å². The van der Waals surface area contributed by atoms with Crippen molar-refractivity contribution < 1.29 is 0 Å². The Labute approximate surface area is 115 Å². The summed E-state index contributed by atoms with van der Waals surface area (Å²) in [6, 6.07) is 0.522. The number of hydrogen-bond donors (Lipinski definition) is 1. The third-order valence-electron chi connectivity index (χ3n) is 3.56. The molecule has 0 aromatic carbocycles. The van der Waals surface area contributed by atoms with E-state index in [1.165, 1.54) is 42.0 Å². The fourth-order valence-electron chi connectivity index (χ4n) is 2.50. The van der Waals surface area contributed by atoms with Crippen LogP contribution in [0.5, 0.6) is 0 Å². The molecule has 1 N–H and O–H groups in total. The predicted molar refractivity (Wildman–Crippen MR) is 78.0 cm³/mol. The summed E-state index contributed by atoms with van der Waals surface area (Å²) in [6.07, 6.45) is 5.53. The van der Waals surface area contributed by atoms with Crippen LogP contribution in [0.4, 0.5) is 0 Å². The van der Waals surface area contributed by atoms with Crippen molar-refractivity contribution in [2.45, 2.75) is 69.3 Å². The van der Waals surface area contributed by atoms with E-state index in [2.05, 4.69) is 42.9 Å². The third-order valence-corrected chi connectivity index (χ3v) is 5.10. The van der Waals surface area contributed by atoms with Crippen LogP contribution >= 0.6 is 11.8 Å². The number of hydrogen-bond acceptors (Lipinski definition) is 3. The van der Waals surface area contributed by atoms with Gasteiger partial charge in [0.15, 0.2) is 0 Å². The zero-order valence-electron chi connectivity index (χ0n) is 12.0. The molecule has 1 heterocycles. The Bertz CT molecular complexity index is 392. The highest BCUT2D eigenvalue weighted by Gasteiger charge is 2.21. The first-order valence-corrected chi connectivity index (χ1v) is 7.88. The van der Waals surface area contributed by atoms with Gasteiger partial charge in [0.1, 0.15) is 0 Å². The van der Waals surface area contributed by atoms with E-state index < -0.39 is 0 Å². The molecule has 0 radical (unpaired) electrons. The first-order valence-electron chi connectivity index (χ1n) is 7.00. The van der Waals surface area contributed by atoms with Crippen LogP contribution in [-0.4, -0.2) is 21.1 Å². The largest absolute Gasteiger partial charge is 0.310 e. The summed E-state index contributed by atoms with van der Waals surface area (Å²) >= 11 is 2.04. The normalized spacial score (nSPS) is 16.9. The van der Waals surface area contributed by atoms with Gasteiger partial charge in [-0.3, -0.25) is 4.68 Å². The summed E-state index contributed by atoms with van der Waals surface area (Å²) in [6.45, 7) is 7.44. The van der Waals surface area contributed by atoms with Gasteiger partial charge in [-0.25, -0.2) is 0 Å². The summed E-state index contributed by atoms with van der Waals surface area (Å²) in [5.74, 6) is 0. The Kier molecular flexibility index (Phi) is 4.73. The second kappa shape index (κ2) is 6.11. The van der Waals surface area contributed by atoms with E-state index >= 15 is 0 Å². The standard InChI is InChI=1S/C14H25N3S/c1-10(2)15-9-13-11(3)16-17(4)14(13)18-12-7-5-6-8-12/h10,12,15H,5-9H2,1-4H3. The van der Waals surface area contributed by atoms with Crippen molar-refractivity contribution >= 4 is 11.8 Å². The van der Waals surface area contributed by atoms with Gasteiger partial charge in [-0.15, -0.1) is 11.8 Å². The highest BCUT2D eigenvalue weighted by Crippen LogP contribution is 2.36. The maximum absolute atomic E-state index is 4.59. The van der Waals surface area contributed by atoms with Crippen LogP contribution in [0, 0.1) is 6.92 Å². The van der Waals surface area contributed by atoms with Crippen LogP contribution in [-0.2, 0) is 13.6 Å². The fourth-order valence-corrected chi connectivity index (χ4v) is 3.94. The first-order chi connectivity index (χ1) is 8.58. The lowest BCUT2D eigenvalue weighted by Crippen LogP contribution is -2.22. The van der Waals surface area contributed by atoms with Gasteiger partial charge in [-0.05, 0) is 19.8 Å². The lowest BCUT2D eigenvalue weighted by molar-refractivity contribution is 0.580. The van der Waals surface area contributed by atoms with E-state index in [-0.39, 0.29) is 0 Å².